The molecule has 1 saturated heterocycles. The number of anilines is 1. The first-order chi connectivity index (χ1) is 14.9. The third-order valence-electron chi connectivity index (χ3n) is 5.65. The molecule has 164 valence electrons. The molecule has 0 saturated carbocycles. The molecule has 8 nitrogen and oxygen atoms in total. The van der Waals surface area contributed by atoms with Crippen LogP contribution in [0, 0.1) is 5.92 Å². The van der Waals surface area contributed by atoms with Crippen molar-refractivity contribution in [3.63, 3.8) is 0 Å². The SMILES string of the molecule is CCC(=O)c1ccc(N2CCC[C@H](COc3cccc4c3C(N)=NS(=O)(=O)C4)C2)nc1. The van der Waals surface area contributed by atoms with E-state index in [1.165, 1.54) is 0 Å². The summed E-state index contributed by atoms with van der Waals surface area (Å²) in [4.78, 5) is 18.5. The zero-order chi connectivity index (χ0) is 22.0. The van der Waals surface area contributed by atoms with Crippen LogP contribution in [0.25, 0.3) is 0 Å². The molecule has 1 aromatic carbocycles. The summed E-state index contributed by atoms with van der Waals surface area (Å²) in [6.07, 6.45) is 4.15. The van der Waals surface area contributed by atoms with Gasteiger partial charge in [-0.25, -0.2) is 13.4 Å². The second kappa shape index (κ2) is 8.66. The number of sulfonamides is 1. The quantitative estimate of drug-likeness (QED) is 0.684. The molecule has 2 aliphatic heterocycles. The monoisotopic (exact) mass is 442 g/mol. The van der Waals surface area contributed by atoms with Crippen LogP contribution in [0.3, 0.4) is 0 Å². The number of fused-ring (bicyclic) bond motifs is 1. The first-order valence-electron chi connectivity index (χ1n) is 10.4. The number of rotatable bonds is 6. The minimum atomic E-state index is -3.57. The minimum Gasteiger partial charge on any atom is -0.492 e. The van der Waals surface area contributed by atoms with Crippen molar-refractivity contribution in [1.82, 2.24) is 4.98 Å². The first kappa shape index (κ1) is 21.3. The van der Waals surface area contributed by atoms with E-state index in [4.69, 9.17) is 10.5 Å². The van der Waals surface area contributed by atoms with Gasteiger partial charge in [0.15, 0.2) is 5.78 Å². The largest absolute Gasteiger partial charge is 0.492 e. The van der Waals surface area contributed by atoms with Gasteiger partial charge in [-0.15, -0.1) is 4.40 Å². The van der Waals surface area contributed by atoms with Gasteiger partial charge in [0.1, 0.15) is 17.4 Å². The topological polar surface area (TPSA) is 115 Å². The molecule has 2 aromatic rings. The number of pyridine rings is 1. The van der Waals surface area contributed by atoms with Crippen LogP contribution in [0.2, 0.25) is 0 Å². The van der Waals surface area contributed by atoms with Gasteiger partial charge in [-0.1, -0.05) is 19.1 Å². The summed E-state index contributed by atoms with van der Waals surface area (Å²) in [5.41, 5.74) is 7.74. The first-order valence-corrected chi connectivity index (χ1v) is 12.0. The van der Waals surface area contributed by atoms with Crippen molar-refractivity contribution >= 4 is 27.5 Å². The van der Waals surface area contributed by atoms with Crippen LogP contribution in [-0.4, -0.2) is 44.7 Å². The smallest absolute Gasteiger partial charge is 0.259 e. The van der Waals surface area contributed by atoms with Gasteiger partial charge in [-0.2, -0.15) is 0 Å². The molecule has 1 aromatic heterocycles. The number of ketones is 1. The lowest BCUT2D eigenvalue weighted by Gasteiger charge is -2.33. The van der Waals surface area contributed by atoms with Gasteiger partial charge in [-0.3, -0.25) is 4.79 Å². The second-order valence-corrected chi connectivity index (χ2v) is 9.58. The van der Waals surface area contributed by atoms with Crippen LogP contribution in [0.1, 0.15) is 47.7 Å². The van der Waals surface area contributed by atoms with Gasteiger partial charge in [0.25, 0.3) is 10.0 Å². The fourth-order valence-electron chi connectivity index (χ4n) is 4.09. The van der Waals surface area contributed by atoms with Crippen LogP contribution in [-0.2, 0) is 15.8 Å². The number of carbonyl (C=O) groups is 1. The molecule has 0 aliphatic carbocycles. The Kier molecular flexibility index (Phi) is 5.95. The predicted molar refractivity (Wildman–Crippen MR) is 119 cm³/mol. The number of benzene rings is 1. The van der Waals surface area contributed by atoms with E-state index < -0.39 is 10.0 Å². The summed E-state index contributed by atoms with van der Waals surface area (Å²) in [5.74, 6) is 1.61. The Morgan fingerprint density at radius 1 is 1.29 bits per heavy atom. The normalized spacial score (nSPS) is 20.0. The van der Waals surface area contributed by atoms with Gasteiger partial charge >= 0.3 is 0 Å². The molecule has 31 heavy (non-hydrogen) atoms. The van der Waals surface area contributed by atoms with Gasteiger partial charge in [0, 0.05) is 37.2 Å². The number of ether oxygens (including phenoxy) is 1. The van der Waals surface area contributed by atoms with E-state index >= 15 is 0 Å². The average Bonchev–Trinajstić information content (AvgIpc) is 2.76. The predicted octanol–water partition coefficient (Wildman–Crippen LogP) is 2.52. The lowest BCUT2D eigenvalue weighted by atomic mass is 9.98. The maximum Gasteiger partial charge on any atom is 0.259 e. The maximum absolute atomic E-state index is 11.8. The summed E-state index contributed by atoms with van der Waals surface area (Å²) in [5, 5.41) is 0. The lowest BCUT2D eigenvalue weighted by Crippen LogP contribution is -2.38. The Morgan fingerprint density at radius 2 is 2.13 bits per heavy atom. The van der Waals surface area contributed by atoms with Gasteiger partial charge in [0.2, 0.25) is 0 Å². The van der Waals surface area contributed by atoms with Crippen molar-refractivity contribution < 1.29 is 17.9 Å². The fourth-order valence-corrected chi connectivity index (χ4v) is 5.18. The highest BCUT2D eigenvalue weighted by atomic mass is 32.2. The maximum atomic E-state index is 11.8. The Hall–Kier alpha value is -2.94. The second-order valence-electron chi connectivity index (χ2n) is 7.94. The molecular weight excluding hydrogens is 416 g/mol. The molecule has 0 unspecified atom stereocenters. The zero-order valence-corrected chi connectivity index (χ0v) is 18.3. The van der Waals surface area contributed by atoms with Crippen molar-refractivity contribution in [2.24, 2.45) is 16.0 Å². The van der Waals surface area contributed by atoms with E-state index in [-0.39, 0.29) is 23.3 Å². The number of hydrogen-bond donors (Lipinski definition) is 1. The average molecular weight is 443 g/mol. The van der Waals surface area contributed by atoms with Gasteiger partial charge in [-0.05, 0) is 36.6 Å². The summed E-state index contributed by atoms with van der Waals surface area (Å²) in [6, 6.07) is 9.05. The zero-order valence-electron chi connectivity index (χ0n) is 17.5. The van der Waals surface area contributed by atoms with E-state index in [0.717, 1.165) is 31.7 Å². The van der Waals surface area contributed by atoms with Crippen molar-refractivity contribution in [2.45, 2.75) is 31.9 Å². The van der Waals surface area contributed by atoms with Gasteiger partial charge in [0.05, 0.1) is 17.9 Å². The summed E-state index contributed by atoms with van der Waals surface area (Å²) < 4.78 is 33.4. The lowest BCUT2D eigenvalue weighted by molar-refractivity contribution is 0.0988. The molecule has 0 amide bonds. The number of hydrogen-bond acceptors (Lipinski definition) is 7. The van der Waals surface area contributed by atoms with E-state index in [0.29, 0.717) is 35.5 Å². The number of Topliss-reactive ketones (excluding diaryl/α,β-unsaturated/α-hetero) is 1. The van der Waals surface area contributed by atoms with Crippen LogP contribution in [0.15, 0.2) is 40.9 Å². The summed E-state index contributed by atoms with van der Waals surface area (Å²) >= 11 is 0. The molecular formula is C22H26N4O4S. The molecule has 2 N–H and O–H groups in total. The molecule has 1 atom stereocenters. The molecule has 2 aliphatic rings. The Balaban J connectivity index is 1.43. The molecule has 9 heteroatoms. The molecule has 0 bridgehead atoms. The molecule has 4 rings (SSSR count). The van der Waals surface area contributed by atoms with Crippen LogP contribution < -0.4 is 15.4 Å². The number of carbonyl (C=O) groups excluding carboxylic acids is 1. The third-order valence-corrected chi connectivity index (χ3v) is 6.80. The summed E-state index contributed by atoms with van der Waals surface area (Å²) in [6.45, 7) is 4.02. The minimum absolute atomic E-state index is 0.0203. The van der Waals surface area contributed by atoms with Gasteiger partial charge < -0.3 is 15.4 Å². The van der Waals surface area contributed by atoms with Crippen molar-refractivity contribution in [3.8, 4) is 5.75 Å². The highest BCUT2D eigenvalue weighted by Gasteiger charge is 2.26. The highest BCUT2D eigenvalue weighted by Crippen LogP contribution is 2.29. The number of amidine groups is 1. The summed E-state index contributed by atoms with van der Waals surface area (Å²) in [7, 11) is -3.57. The number of nitrogens with zero attached hydrogens (tertiary/aromatic N) is 3. The van der Waals surface area contributed by atoms with Crippen molar-refractivity contribution in [3.05, 3.63) is 53.2 Å². The Morgan fingerprint density at radius 3 is 2.87 bits per heavy atom. The van der Waals surface area contributed by atoms with E-state index in [1.54, 1.807) is 24.4 Å². The van der Waals surface area contributed by atoms with Crippen molar-refractivity contribution in [2.75, 3.05) is 24.6 Å². The number of nitrogens with two attached hydrogens (primary N) is 1. The molecule has 1 fully saturated rings. The standard InChI is InChI=1S/C22H26N4O4S/c1-2-18(27)16-8-9-20(24-11-16)26-10-4-5-15(12-26)13-30-19-7-3-6-17-14-31(28,29)25-22(23)21(17)19/h3,6-9,11,15H,2,4-5,10,12-14H2,1H3,(H2,23,25)/t15-/m0/s1. The Labute approximate surface area is 182 Å². The number of piperidine rings is 1. The van der Waals surface area contributed by atoms with E-state index in [1.807, 2.05) is 19.1 Å². The van der Waals surface area contributed by atoms with E-state index in [2.05, 4.69) is 14.3 Å². The number of aromatic nitrogens is 1. The van der Waals surface area contributed by atoms with Crippen LogP contribution in [0.5, 0.6) is 5.75 Å². The Bertz CT molecular complexity index is 1110. The van der Waals surface area contributed by atoms with E-state index in [9.17, 15) is 13.2 Å². The van der Waals surface area contributed by atoms with Crippen LogP contribution >= 0.6 is 0 Å². The molecule has 0 radical (unpaired) electrons. The third kappa shape index (κ3) is 4.71. The highest BCUT2D eigenvalue weighted by molar-refractivity contribution is 7.89. The molecule has 3 heterocycles. The van der Waals surface area contributed by atoms with Crippen molar-refractivity contribution in [1.29, 1.82) is 0 Å². The fraction of sp³-hybridized carbons (Fsp3) is 0.409. The van der Waals surface area contributed by atoms with Crippen LogP contribution in [0.4, 0.5) is 5.82 Å². The molecule has 0 spiro atoms.